The van der Waals surface area contributed by atoms with Gasteiger partial charge >= 0.3 is 0 Å². The number of carbonyl (C=O) groups is 1. The summed E-state index contributed by atoms with van der Waals surface area (Å²) in [6, 6.07) is 15.5. The number of fused-ring (bicyclic) bond motifs is 2. The molecule has 6 rings (SSSR count). The highest BCUT2D eigenvalue weighted by atomic mass is 32.2. The smallest absolute Gasteiger partial charge is 0.161 e. The number of thioether (sulfide) groups is 2. The van der Waals surface area contributed by atoms with Gasteiger partial charge in [-0.1, -0.05) is 61.6 Å². The molecule has 0 radical (unpaired) electrons. The Kier molecular flexibility index (Phi) is 13.5. The second-order valence-electron chi connectivity index (χ2n) is 13.1. The molecule has 12 nitrogen and oxygen atoms in total. The summed E-state index contributed by atoms with van der Waals surface area (Å²) < 4.78 is 34.8. The van der Waals surface area contributed by atoms with Gasteiger partial charge in [0.1, 0.15) is 46.8 Å². The SMILES string of the molecule is COc1ccc(CO[C@H]2[C@H](C)[C@@H](C=O)O[C@@H]3SC(N(C)C)=N[C@H]23)cc1.COc1ccc(CO[C@H]2[C@H](C)[C@@H](CO)O[C@@H]3SC(N(C)C)=N[C@H]23)cc1. The highest BCUT2D eigenvalue weighted by molar-refractivity contribution is 8.14. The zero-order valence-electron chi connectivity index (χ0n) is 30.0. The minimum atomic E-state index is -0.466. The van der Waals surface area contributed by atoms with E-state index in [1.807, 2.05) is 93.4 Å². The number of aliphatic hydroxyl groups is 1. The van der Waals surface area contributed by atoms with Crippen molar-refractivity contribution in [3.05, 3.63) is 59.7 Å². The molecule has 50 heavy (non-hydrogen) atoms. The van der Waals surface area contributed by atoms with Crippen molar-refractivity contribution < 1.29 is 38.3 Å². The molecule has 4 heterocycles. The van der Waals surface area contributed by atoms with Crippen molar-refractivity contribution in [2.45, 2.75) is 74.4 Å². The summed E-state index contributed by atoms with van der Waals surface area (Å²) in [5.74, 6) is 1.66. The molecule has 0 saturated carbocycles. The van der Waals surface area contributed by atoms with Crippen LogP contribution in [-0.4, -0.2) is 128 Å². The molecule has 0 spiro atoms. The van der Waals surface area contributed by atoms with Crippen LogP contribution in [0.2, 0.25) is 0 Å². The quantitative estimate of drug-likeness (QED) is 0.354. The fourth-order valence-electron chi connectivity index (χ4n) is 6.19. The molecule has 1 N–H and O–H groups in total. The number of hydrogen-bond donors (Lipinski definition) is 1. The number of ether oxygens (including phenoxy) is 6. The first-order valence-electron chi connectivity index (χ1n) is 16.8. The molecule has 274 valence electrons. The Morgan fingerprint density at radius 3 is 1.58 bits per heavy atom. The zero-order valence-corrected chi connectivity index (χ0v) is 31.6. The van der Waals surface area contributed by atoms with Crippen LogP contribution in [0.5, 0.6) is 11.5 Å². The number of aliphatic hydroxyl groups excluding tert-OH is 1. The van der Waals surface area contributed by atoms with E-state index < -0.39 is 6.10 Å². The average Bonchev–Trinajstić information content (AvgIpc) is 3.76. The number of aliphatic imine (C=N–C) groups is 2. The van der Waals surface area contributed by atoms with E-state index in [0.29, 0.717) is 13.2 Å². The van der Waals surface area contributed by atoms with E-state index in [1.165, 1.54) is 0 Å². The number of benzene rings is 2. The first-order chi connectivity index (χ1) is 24.1. The van der Waals surface area contributed by atoms with E-state index in [1.54, 1.807) is 37.7 Å². The second kappa shape index (κ2) is 17.6. The van der Waals surface area contributed by atoms with E-state index in [-0.39, 0.29) is 59.7 Å². The molecule has 0 aromatic heterocycles. The van der Waals surface area contributed by atoms with Crippen LogP contribution in [-0.2, 0) is 37.0 Å². The van der Waals surface area contributed by atoms with Crippen LogP contribution in [0.1, 0.15) is 25.0 Å². The second-order valence-corrected chi connectivity index (χ2v) is 15.3. The lowest BCUT2D eigenvalue weighted by Crippen LogP contribution is -2.52. The Morgan fingerprint density at radius 1 is 0.740 bits per heavy atom. The van der Waals surface area contributed by atoms with E-state index in [4.69, 9.17) is 38.4 Å². The lowest BCUT2D eigenvalue weighted by atomic mass is 9.90. The van der Waals surface area contributed by atoms with Gasteiger partial charge in [0.05, 0.1) is 52.4 Å². The third-order valence-corrected chi connectivity index (χ3v) is 11.8. The van der Waals surface area contributed by atoms with Crippen molar-refractivity contribution in [2.24, 2.45) is 21.8 Å². The minimum absolute atomic E-state index is 0.00929. The Balaban J connectivity index is 0.000000194. The van der Waals surface area contributed by atoms with Gasteiger partial charge in [-0.25, -0.2) is 0 Å². The lowest BCUT2D eigenvalue weighted by molar-refractivity contribution is -0.150. The summed E-state index contributed by atoms with van der Waals surface area (Å²) in [4.78, 5) is 24.9. The van der Waals surface area contributed by atoms with Crippen LogP contribution in [0.25, 0.3) is 0 Å². The first kappa shape index (κ1) is 38.4. The highest BCUT2D eigenvalue weighted by Gasteiger charge is 2.49. The molecule has 0 aliphatic carbocycles. The van der Waals surface area contributed by atoms with Crippen molar-refractivity contribution in [3.63, 3.8) is 0 Å². The normalized spacial score (nSPS) is 31.3. The van der Waals surface area contributed by atoms with Crippen molar-refractivity contribution in [1.82, 2.24) is 9.80 Å². The third-order valence-electron chi connectivity index (χ3n) is 9.22. The molecule has 0 unspecified atom stereocenters. The van der Waals surface area contributed by atoms with Crippen LogP contribution in [0.15, 0.2) is 58.5 Å². The van der Waals surface area contributed by atoms with Gasteiger partial charge < -0.3 is 48.1 Å². The molecule has 2 fully saturated rings. The molecular formula is C36H50N4O8S2. The number of hydrogen-bond acceptors (Lipinski definition) is 14. The van der Waals surface area contributed by atoms with E-state index >= 15 is 0 Å². The minimum Gasteiger partial charge on any atom is -0.497 e. The maximum absolute atomic E-state index is 11.4. The predicted octanol–water partition coefficient (Wildman–Crippen LogP) is 4.14. The van der Waals surface area contributed by atoms with Crippen LogP contribution in [0.3, 0.4) is 0 Å². The Hall–Kier alpha value is -2.85. The topological polar surface area (TPSA) is 124 Å². The van der Waals surface area contributed by atoms with Crippen LogP contribution < -0.4 is 9.47 Å². The summed E-state index contributed by atoms with van der Waals surface area (Å²) in [6.07, 6.45) is -0.0830. The lowest BCUT2D eigenvalue weighted by Gasteiger charge is -2.41. The summed E-state index contributed by atoms with van der Waals surface area (Å²) in [5, 5.41) is 11.5. The number of methoxy groups -OCH3 is 2. The van der Waals surface area contributed by atoms with E-state index in [2.05, 4.69) is 6.92 Å². The van der Waals surface area contributed by atoms with Crippen molar-refractivity contribution >= 4 is 40.1 Å². The fraction of sp³-hybridized carbons (Fsp3) is 0.583. The monoisotopic (exact) mass is 730 g/mol. The highest BCUT2D eigenvalue weighted by Crippen LogP contribution is 2.42. The van der Waals surface area contributed by atoms with Gasteiger partial charge in [0.2, 0.25) is 0 Å². The van der Waals surface area contributed by atoms with Gasteiger partial charge in [-0.3, -0.25) is 9.98 Å². The number of aldehydes is 1. The maximum atomic E-state index is 11.4. The summed E-state index contributed by atoms with van der Waals surface area (Å²) in [6.45, 7) is 5.00. The van der Waals surface area contributed by atoms with Gasteiger partial charge in [-0.2, -0.15) is 0 Å². The summed E-state index contributed by atoms with van der Waals surface area (Å²) in [7, 11) is 11.2. The fourth-order valence-corrected chi connectivity index (χ4v) is 8.48. The van der Waals surface area contributed by atoms with Gasteiger partial charge in [-0.05, 0) is 35.4 Å². The summed E-state index contributed by atoms with van der Waals surface area (Å²) in [5.41, 5.74) is 1.86. The zero-order chi connectivity index (χ0) is 35.9. The first-order valence-corrected chi connectivity index (χ1v) is 18.5. The molecular weight excluding hydrogens is 681 g/mol. The largest absolute Gasteiger partial charge is 0.497 e. The van der Waals surface area contributed by atoms with Crippen molar-refractivity contribution in [1.29, 1.82) is 0 Å². The summed E-state index contributed by atoms with van der Waals surface area (Å²) >= 11 is 3.15. The van der Waals surface area contributed by atoms with Crippen molar-refractivity contribution in [3.8, 4) is 11.5 Å². The number of nitrogens with zero attached hydrogens (tertiary/aromatic N) is 4. The van der Waals surface area contributed by atoms with Gasteiger partial charge in [0.25, 0.3) is 0 Å². The Bertz CT molecular complexity index is 1460. The molecule has 0 amide bonds. The average molecular weight is 731 g/mol. The molecule has 2 saturated heterocycles. The molecule has 4 aliphatic rings. The number of amidine groups is 2. The van der Waals surface area contributed by atoms with Crippen LogP contribution >= 0.6 is 23.5 Å². The number of rotatable bonds is 10. The van der Waals surface area contributed by atoms with E-state index in [9.17, 15) is 9.90 Å². The van der Waals surface area contributed by atoms with Gasteiger partial charge in [0, 0.05) is 40.0 Å². The molecule has 2 aromatic carbocycles. The maximum Gasteiger partial charge on any atom is 0.161 e. The molecule has 0 bridgehead atoms. The van der Waals surface area contributed by atoms with Crippen LogP contribution in [0, 0.1) is 11.8 Å². The van der Waals surface area contributed by atoms with Crippen molar-refractivity contribution in [2.75, 3.05) is 49.0 Å². The predicted molar refractivity (Wildman–Crippen MR) is 197 cm³/mol. The molecule has 4 aliphatic heterocycles. The Morgan fingerprint density at radius 2 is 1.18 bits per heavy atom. The Labute approximate surface area is 303 Å². The van der Waals surface area contributed by atoms with Crippen LogP contribution in [0.4, 0.5) is 0 Å². The van der Waals surface area contributed by atoms with Gasteiger partial charge in [0.15, 0.2) is 10.3 Å². The number of carbonyl (C=O) groups excluding carboxylic acids is 1. The van der Waals surface area contributed by atoms with Gasteiger partial charge in [-0.15, -0.1) is 0 Å². The standard InChI is InChI=1S/C18H26N2O4S.C18H24N2O4S/c2*1-11-14(9-21)24-17-15(19-18(25-17)20(2)3)16(11)23-10-12-5-7-13(22-4)8-6-12/h5-8,11,14-17,21H,9-10H2,1-4H3;5-9,11,14-17H,10H2,1-4H3/t2*11-,14-,15-,16+,17-/m11/s1. The third kappa shape index (κ3) is 8.95. The van der Waals surface area contributed by atoms with E-state index in [0.717, 1.165) is 39.2 Å². The molecule has 14 heteroatoms. The molecule has 10 atom stereocenters. The molecule has 2 aromatic rings.